The third-order valence-corrected chi connectivity index (χ3v) is 7.62. The SMILES string of the molecule is COCCN1C(=O)C2(N=C1N)c1cc(C#N)ccc1C(C)C21CCC(COC)CC1. The van der Waals surface area contributed by atoms with Gasteiger partial charge in [0.2, 0.25) is 0 Å². The summed E-state index contributed by atoms with van der Waals surface area (Å²) in [7, 11) is 3.34. The number of carbonyl (C=O) groups excluding carboxylic acids is 1. The van der Waals surface area contributed by atoms with E-state index in [1.54, 1.807) is 19.1 Å². The maximum absolute atomic E-state index is 14.0. The molecule has 0 radical (unpaired) electrons. The number of carbonyl (C=O) groups is 1. The lowest BCUT2D eigenvalue weighted by molar-refractivity contribution is -0.139. The van der Waals surface area contributed by atoms with Gasteiger partial charge < -0.3 is 15.2 Å². The molecular weight excluding hydrogens is 380 g/mol. The molecule has 160 valence electrons. The molecule has 30 heavy (non-hydrogen) atoms. The molecule has 1 aromatic carbocycles. The van der Waals surface area contributed by atoms with E-state index in [4.69, 9.17) is 20.2 Å². The number of fused-ring (bicyclic) bond motifs is 3. The molecule has 2 unspecified atom stereocenters. The molecule has 7 nitrogen and oxygen atoms in total. The minimum atomic E-state index is -1.07. The highest BCUT2D eigenvalue weighted by Gasteiger charge is 2.69. The van der Waals surface area contributed by atoms with Crippen LogP contribution in [0, 0.1) is 22.7 Å². The number of guanidine groups is 1. The Hall–Kier alpha value is -2.43. The van der Waals surface area contributed by atoms with Crippen LogP contribution in [0.3, 0.4) is 0 Å². The normalized spacial score (nSPS) is 32.5. The van der Waals surface area contributed by atoms with E-state index in [1.165, 1.54) is 0 Å². The van der Waals surface area contributed by atoms with E-state index in [2.05, 4.69) is 13.0 Å². The summed E-state index contributed by atoms with van der Waals surface area (Å²) in [6, 6.07) is 7.93. The molecule has 4 rings (SSSR count). The first-order chi connectivity index (χ1) is 14.4. The van der Waals surface area contributed by atoms with Crippen molar-refractivity contribution in [2.75, 3.05) is 34.0 Å². The first kappa shape index (κ1) is 20.8. The van der Waals surface area contributed by atoms with Crippen molar-refractivity contribution in [3.05, 3.63) is 34.9 Å². The molecule has 2 atom stereocenters. The Kier molecular flexibility index (Phi) is 5.33. The third kappa shape index (κ3) is 2.70. The van der Waals surface area contributed by atoms with Gasteiger partial charge in [0, 0.05) is 26.2 Å². The van der Waals surface area contributed by atoms with Gasteiger partial charge in [-0.05, 0) is 60.8 Å². The van der Waals surface area contributed by atoms with E-state index in [0.717, 1.165) is 43.4 Å². The van der Waals surface area contributed by atoms with Crippen molar-refractivity contribution in [1.82, 2.24) is 4.90 Å². The van der Waals surface area contributed by atoms with Crippen LogP contribution < -0.4 is 5.73 Å². The van der Waals surface area contributed by atoms with Gasteiger partial charge in [-0.3, -0.25) is 9.69 Å². The Morgan fingerprint density at radius 3 is 2.67 bits per heavy atom. The Morgan fingerprint density at radius 2 is 2.03 bits per heavy atom. The monoisotopic (exact) mass is 410 g/mol. The van der Waals surface area contributed by atoms with E-state index in [9.17, 15) is 10.1 Å². The minimum Gasteiger partial charge on any atom is -0.384 e. The second-order valence-corrected chi connectivity index (χ2v) is 8.82. The van der Waals surface area contributed by atoms with Crippen molar-refractivity contribution in [2.45, 2.75) is 44.1 Å². The average Bonchev–Trinajstić information content (AvgIpc) is 3.12. The number of ether oxygens (including phenoxy) is 2. The van der Waals surface area contributed by atoms with Crippen LogP contribution in [0.15, 0.2) is 23.2 Å². The van der Waals surface area contributed by atoms with Crippen LogP contribution in [0.1, 0.15) is 55.2 Å². The van der Waals surface area contributed by atoms with E-state index in [1.807, 2.05) is 18.2 Å². The number of methoxy groups -OCH3 is 2. The van der Waals surface area contributed by atoms with E-state index in [-0.39, 0.29) is 23.2 Å². The van der Waals surface area contributed by atoms with E-state index < -0.39 is 5.54 Å². The Bertz CT molecular complexity index is 914. The molecule has 1 fully saturated rings. The van der Waals surface area contributed by atoms with Gasteiger partial charge in [0.1, 0.15) is 0 Å². The zero-order chi connectivity index (χ0) is 21.5. The molecule has 0 bridgehead atoms. The maximum Gasteiger partial charge on any atom is 0.262 e. The summed E-state index contributed by atoms with van der Waals surface area (Å²) < 4.78 is 10.6. The number of amides is 1. The third-order valence-electron chi connectivity index (χ3n) is 7.62. The van der Waals surface area contributed by atoms with Gasteiger partial charge in [0.15, 0.2) is 11.5 Å². The molecule has 2 N–H and O–H groups in total. The highest BCUT2D eigenvalue weighted by molar-refractivity contribution is 6.08. The summed E-state index contributed by atoms with van der Waals surface area (Å²) in [4.78, 5) is 20.5. The summed E-state index contributed by atoms with van der Waals surface area (Å²) >= 11 is 0. The predicted molar refractivity (Wildman–Crippen MR) is 113 cm³/mol. The van der Waals surface area contributed by atoms with Crippen LogP contribution in [0.5, 0.6) is 0 Å². The summed E-state index contributed by atoms with van der Waals surface area (Å²) in [6.07, 6.45) is 3.72. The van der Waals surface area contributed by atoms with Crippen molar-refractivity contribution < 1.29 is 14.3 Å². The molecule has 1 amide bonds. The lowest BCUT2D eigenvalue weighted by Crippen LogP contribution is -2.53. The first-order valence-corrected chi connectivity index (χ1v) is 10.6. The summed E-state index contributed by atoms with van der Waals surface area (Å²) in [6.45, 7) is 3.70. The molecule has 3 aliphatic rings. The molecule has 1 saturated carbocycles. The van der Waals surface area contributed by atoms with E-state index in [0.29, 0.717) is 24.6 Å². The molecular formula is C23H30N4O3. The van der Waals surface area contributed by atoms with Gasteiger partial charge >= 0.3 is 0 Å². The molecule has 0 aromatic heterocycles. The fourth-order valence-electron chi connectivity index (χ4n) is 6.06. The van der Waals surface area contributed by atoms with Crippen LogP contribution in [-0.4, -0.2) is 50.7 Å². The molecule has 2 aliphatic carbocycles. The van der Waals surface area contributed by atoms with Gasteiger partial charge in [-0.1, -0.05) is 13.0 Å². The highest BCUT2D eigenvalue weighted by Crippen LogP contribution is 2.67. The van der Waals surface area contributed by atoms with Crippen molar-refractivity contribution >= 4 is 11.9 Å². The van der Waals surface area contributed by atoms with Crippen molar-refractivity contribution in [3.63, 3.8) is 0 Å². The molecule has 2 spiro atoms. The number of hydrogen-bond donors (Lipinski definition) is 1. The lowest BCUT2D eigenvalue weighted by Gasteiger charge is -2.48. The summed E-state index contributed by atoms with van der Waals surface area (Å²) in [5.41, 5.74) is 7.41. The number of rotatable bonds is 5. The van der Waals surface area contributed by atoms with Crippen LogP contribution >= 0.6 is 0 Å². The van der Waals surface area contributed by atoms with Crippen LogP contribution in [0.4, 0.5) is 0 Å². The first-order valence-electron chi connectivity index (χ1n) is 10.6. The number of nitrogens with two attached hydrogens (primary N) is 1. The van der Waals surface area contributed by atoms with Gasteiger partial charge in [-0.15, -0.1) is 0 Å². The van der Waals surface area contributed by atoms with Crippen LogP contribution in [-0.2, 0) is 19.8 Å². The van der Waals surface area contributed by atoms with Crippen molar-refractivity contribution in [2.24, 2.45) is 22.1 Å². The fraction of sp³-hybridized carbons (Fsp3) is 0.609. The van der Waals surface area contributed by atoms with Crippen LogP contribution in [0.2, 0.25) is 0 Å². The Morgan fingerprint density at radius 1 is 1.30 bits per heavy atom. The molecule has 1 heterocycles. The summed E-state index contributed by atoms with van der Waals surface area (Å²) in [5, 5.41) is 9.51. The Labute approximate surface area is 177 Å². The van der Waals surface area contributed by atoms with Gasteiger partial charge in [0.05, 0.1) is 24.8 Å². The van der Waals surface area contributed by atoms with E-state index >= 15 is 0 Å². The molecule has 0 saturated heterocycles. The maximum atomic E-state index is 14.0. The average molecular weight is 411 g/mol. The Balaban J connectivity index is 1.85. The van der Waals surface area contributed by atoms with Crippen LogP contribution in [0.25, 0.3) is 0 Å². The number of nitrogens with zero attached hydrogens (tertiary/aromatic N) is 3. The molecule has 7 heteroatoms. The van der Waals surface area contributed by atoms with Gasteiger partial charge in [-0.25, -0.2) is 4.99 Å². The largest absolute Gasteiger partial charge is 0.384 e. The topological polar surface area (TPSA) is 101 Å². The second kappa shape index (κ2) is 7.68. The number of aliphatic imine (C=N–C) groups is 1. The number of nitriles is 1. The molecule has 1 aromatic rings. The minimum absolute atomic E-state index is 0.0806. The van der Waals surface area contributed by atoms with Gasteiger partial charge in [-0.2, -0.15) is 5.26 Å². The zero-order valence-corrected chi connectivity index (χ0v) is 18.0. The zero-order valence-electron chi connectivity index (χ0n) is 18.0. The number of benzene rings is 1. The van der Waals surface area contributed by atoms with Crippen molar-refractivity contribution in [3.8, 4) is 6.07 Å². The molecule has 1 aliphatic heterocycles. The lowest BCUT2D eigenvalue weighted by atomic mass is 9.57. The number of hydrogen-bond acceptors (Lipinski definition) is 6. The highest BCUT2D eigenvalue weighted by atomic mass is 16.5. The second-order valence-electron chi connectivity index (χ2n) is 8.82. The standard InChI is InChI=1S/C23H30N4O3/c1-15-18-5-4-17(13-24)12-19(18)23(20(28)27(10-11-29-2)21(25)26-23)22(15)8-6-16(7-9-22)14-30-3/h4-5,12,15-16H,6-11,14H2,1-3H3,(H2,25,26). The van der Waals surface area contributed by atoms with Crippen molar-refractivity contribution in [1.29, 1.82) is 5.26 Å². The fourth-order valence-corrected chi connectivity index (χ4v) is 6.06. The smallest absolute Gasteiger partial charge is 0.262 e. The summed E-state index contributed by atoms with van der Waals surface area (Å²) in [5.74, 6) is 0.804. The predicted octanol–water partition coefficient (Wildman–Crippen LogP) is 2.50. The van der Waals surface area contributed by atoms with Gasteiger partial charge in [0.25, 0.3) is 5.91 Å². The quantitative estimate of drug-likeness (QED) is 0.804.